The van der Waals surface area contributed by atoms with E-state index >= 15 is 0 Å². The molecule has 2 aromatic carbocycles. The monoisotopic (exact) mass is 275 g/mol. The number of rotatable bonds is 4. The van der Waals surface area contributed by atoms with E-state index in [1.165, 1.54) is 22.6 Å². The SMILES string of the molecule is Cc1cccc(SCC(N)c2cc(F)ccc2C)c1. The topological polar surface area (TPSA) is 26.0 Å². The Balaban J connectivity index is 2.05. The minimum absolute atomic E-state index is 0.152. The highest BCUT2D eigenvalue weighted by atomic mass is 32.2. The summed E-state index contributed by atoms with van der Waals surface area (Å²) >= 11 is 1.70. The second-order valence-corrected chi connectivity index (χ2v) is 5.83. The summed E-state index contributed by atoms with van der Waals surface area (Å²) in [7, 11) is 0. The summed E-state index contributed by atoms with van der Waals surface area (Å²) in [6.45, 7) is 4.03. The normalized spacial score (nSPS) is 12.4. The predicted molar refractivity (Wildman–Crippen MR) is 80.0 cm³/mol. The Hall–Kier alpha value is -1.32. The van der Waals surface area contributed by atoms with Crippen LogP contribution < -0.4 is 5.73 Å². The van der Waals surface area contributed by atoms with E-state index in [0.29, 0.717) is 0 Å². The molecule has 0 aliphatic rings. The molecule has 1 unspecified atom stereocenters. The van der Waals surface area contributed by atoms with Crippen molar-refractivity contribution >= 4 is 11.8 Å². The van der Waals surface area contributed by atoms with Crippen molar-refractivity contribution in [3.8, 4) is 0 Å². The molecule has 2 aromatic rings. The zero-order valence-electron chi connectivity index (χ0n) is 11.2. The minimum atomic E-state index is -0.225. The molecule has 3 heteroatoms. The fraction of sp³-hybridized carbons (Fsp3) is 0.250. The van der Waals surface area contributed by atoms with Crippen molar-refractivity contribution in [2.45, 2.75) is 24.8 Å². The van der Waals surface area contributed by atoms with Crippen LogP contribution >= 0.6 is 11.8 Å². The van der Waals surface area contributed by atoms with Gasteiger partial charge in [0.2, 0.25) is 0 Å². The van der Waals surface area contributed by atoms with Crippen molar-refractivity contribution in [2.24, 2.45) is 5.73 Å². The first kappa shape index (κ1) is 14.1. The Bertz CT molecular complexity index is 568. The molecule has 0 bridgehead atoms. The second-order valence-electron chi connectivity index (χ2n) is 4.73. The maximum Gasteiger partial charge on any atom is 0.123 e. The molecular weight excluding hydrogens is 257 g/mol. The van der Waals surface area contributed by atoms with E-state index in [2.05, 4.69) is 25.1 Å². The lowest BCUT2D eigenvalue weighted by atomic mass is 10.0. The summed E-state index contributed by atoms with van der Waals surface area (Å²) in [5.74, 6) is 0.518. The van der Waals surface area contributed by atoms with Gasteiger partial charge >= 0.3 is 0 Å². The lowest BCUT2D eigenvalue weighted by molar-refractivity contribution is 0.621. The highest BCUT2D eigenvalue weighted by Gasteiger charge is 2.10. The zero-order chi connectivity index (χ0) is 13.8. The number of hydrogen-bond donors (Lipinski definition) is 1. The first-order valence-electron chi connectivity index (χ1n) is 6.27. The van der Waals surface area contributed by atoms with Crippen molar-refractivity contribution in [3.05, 3.63) is 65.0 Å². The van der Waals surface area contributed by atoms with Crippen LogP contribution in [-0.4, -0.2) is 5.75 Å². The Kier molecular flexibility index (Phi) is 4.61. The molecule has 0 heterocycles. The van der Waals surface area contributed by atoms with Crippen LogP contribution in [0.15, 0.2) is 47.4 Å². The number of thioether (sulfide) groups is 1. The van der Waals surface area contributed by atoms with Crippen LogP contribution in [0.3, 0.4) is 0 Å². The van der Waals surface area contributed by atoms with Crippen LogP contribution in [0, 0.1) is 19.7 Å². The van der Waals surface area contributed by atoms with Crippen molar-refractivity contribution in [2.75, 3.05) is 5.75 Å². The van der Waals surface area contributed by atoms with Crippen LogP contribution in [-0.2, 0) is 0 Å². The lowest BCUT2D eigenvalue weighted by Gasteiger charge is -2.14. The van der Waals surface area contributed by atoms with Gasteiger partial charge in [-0.1, -0.05) is 23.8 Å². The van der Waals surface area contributed by atoms with Crippen LogP contribution in [0.5, 0.6) is 0 Å². The molecular formula is C16H18FNS. The predicted octanol–water partition coefficient (Wildman–Crippen LogP) is 4.23. The van der Waals surface area contributed by atoms with Crippen molar-refractivity contribution in [3.63, 3.8) is 0 Å². The molecule has 0 spiro atoms. The maximum atomic E-state index is 13.3. The number of aryl methyl sites for hydroxylation is 2. The third-order valence-corrected chi connectivity index (χ3v) is 4.17. The van der Waals surface area contributed by atoms with Crippen LogP contribution in [0.1, 0.15) is 22.7 Å². The molecule has 0 saturated heterocycles. The smallest absolute Gasteiger partial charge is 0.123 e. The number of benzene rings is 2. The van der Waals surface area contributed by atoms with Gasteiger partial charge in [-0.3, -0.25) is 0 Å². The van der Waals surface area contributed by atoms with Gasteiger partial charge in [-0.25, -0.2) is 4.39 Å². The fourth-order valence-corrected chi connectivity index (χ4v) is 2.99. The lowest BCUT2D eigenvalue weighted by Crippen LogP contribution is -2.14. The molecule has 0 aliphatic heterocycles. The molecule has 1 nitrogen and oxygen atoms in total. The summed E-state index contributed by atoms with van der Waals surface area (Å²) in [4.78, 5) is 1.20. The molecule has 0 saturated carbocycles. The van der Waals surface area contributed by atoms with Gasteiger partial charge in [0.15, 0.2) is 0 Å². The average Bonchev–Trinajstić information content (AvgIpc) is 2.39. The van der Waals surface area contributed by atoms with E-state index in [1.807, 2.05) is 13.0 Å². The molecule has 0 radical (unpaired) electrons. The van der Waals surface area contributed by atoms with Gasteiger partial charge in [-0.15, -0.1) is 11.8 Å². The molecule has 0 fully saturated rings. The molecule has 2 N–H and O–H groups in total. The van der Waals surface area contributed by atoms with E-state index in [4.69, 9.17) is 5.73 Å². The fourth-order valence-electron chi connectivity index (χ4n) is 1.99. The Labute approximate surface area is 118 Å². The molecule has 2 rings (SSSR count). The van der Waals surface area contributed by atoms with E-state index in [0.717, 1.165) is 16.9 Å². The summed E-state index contributed by atoms with van der Waals surface area (Å²) < 4.78 is 13.3. The van der Waals surface area contributed by atoms with Gasteiger partial charge in [0.1, 0.15) is 5.82 Å². The maximum absolute atomic E-state index is 13.3. The Morgan fingerprint density at radius 2 is 1.95 bits per heavy atom. The highest BCUT2D eigenvalue weighted by molar-refractivity contribution is 7.99. The van der Waals surface area contributed by atoms with Gasteiger partial charge in [-0.2, -0.15) is 0 Å². The van der Waals surface area contributed by atoms with Crippen molar-refractivity contribution in [1.29, 1.82) is 0 Å². The number of nitrogens with two attached hydrogens (primary N) is 1. The van der Waals surface area contributed by atoms with E-state index in [-0.39, 0.29) is 11.9 Å². The Morgan fingerprint density at radius 1 is 1.16 bits per heavy atom. The van der Waals surface area contributed by atoms with Gasteiger partial charge in [0.05, 0.1) is 0 Å². The summed E-state index contributed by atoms with van der Waals surface area (Å²) in [6, 6.07) is 13.0. The van der Waals surface area contributed by atoms with E-state index in [1.54, 1.807) is 17.8 Å². The largest absolute Gasteiger partial charge is 0.323 e. The third-order valence-electron chi connectivity index (χ3n) is 3.06. The van der Waals surface area contributed by atoms with Crippen molar-refractivity contribution < 1.29 is 4.39 Å². The van der Waals surface area contributed by atoms with Gasteiger partial charge in [0.25, 0.3) is 0 Å². The minimum Gasteiger partial charge on any atom is -0.323 e. The zero-order valence-corrected chi connectivity index (χ0v) is 12.0. The molecule has 0 aliphatic carbocycles. The summed E-state index contributed by atoms with van der Waals surface area (Å²) in [5.41, 5.74) is 9.33. The van der Waals surface area contributed by atoms with Crippen LogP contribution in [0.4, 0.5) is 4.39 Å². The molecule has 0 aromatic heterocycles. The standard InChI is InChI=1S/C16H18FNS/c1-11-4-3-5-14(8-11)19-10-16(18)15-9-13(17)7-6-12(15)2/h3-9,16H,10,18H2,1-2H3. The molecule has 0 amide bonds. The van der Waals surface area contributed by atoms with Crippen LogP contribution in [0.2, 0.25) is 0 Å². The molecule has 100 valence electrons. The first-order chi connectivity index (χ1) is 9.06. The summed E-state index contributed by atoms with van der Waals surface area (Å²) in [6.07, 6.45) is 0. The van der Waals surface area contributed by atoms with E-state index in [9.17, 15) is 4.39 Å². The first-order valence-corrected chi connectivity index (χ1v) is 7.26. The number of halogens is 1. The molecule has 1 atom stereocenters. The van der Waals surface area contributed by atoms with E-state index < -0.39 is 0 Å². The third kappa shape index (κ3) is 3.82. The quantitative estimate of drug-likeness (QED) is 0.845. The highest BCUT2D eigenvalue weighted by Crippen LogP contribution is 2.26. The second kappa shape index (κ2) is 6.22. The molecule has 19 heavy (non-hydrogen) atoms. The Morgan fingerprint density at radius 3 is 2.68 bits per heavy atom. The van der Waals surface area contributed by atoms with Gasteiger partial charge in [-0.05, 0) is 49.2 Å². The van der Waals surface area contributed by atoms with Gasteiger partial charge in [0, 0.05) is 16.7 Å². The van der Waals surface area contributed by atoms with Crippen molar-refractivity contribution in [1.82, 2.24) is 0 Å². The number of hydrogen-bond acceptors (Lipinski definition) is 2. The van der Waals surface area contributed by atoms with Gasteiger partial charge < -0.3 is 5.73 Å². The average molecular weight is 275 g/mol. The summed E-state index contributed by atoms with van der Waals surface area (Å²) in [5, 5.41) is 0. The van der Waals surface area contributed by atoms with Crippen LogP contribution in [0.25, 0.3) is 0 Å².